The SMILES string of the molecule is CCOC(=O)C1=C(c2ccccc2)N=c2s/c(=C\c3ccc(OCc4ccccc4)c(Br)c3)c(=O)n2C1c1ccc(Cl)cc1. The van der Waals surface area contributed by atoms with Crippen molar-refractivity contribution in [3.05, 3.63) is 160 Å². The molecular weight excluding hydrogens is 660 g/mol. The monoisotopic (exact) mass is 684 g/mol. The lowest BCUT2D eigenvalue weighted by atomic mass is 9.93. The molecule has 1 atom stereocenters. The number of hydrogen-bond donors (Lipinski definition) is 0. The maximum absolute atomic E-state index is 14.1. The average molecular weight is 686 g/mol. The Hall–Kier alpha value is -4.24. The first-order valence-electron chi connectivity index (χ1n) is 13.9. The molecule has 0 aliphatic carbocycles. The average Bonchev–Trinajstić information content (AvgIpc) is 3.35. The van der Waals surface area contributed by atoms with E-state index in [-0.39, 0.29) is 12.2 Å². The zero-order chi connectivity index (χ0) is 30.6. The number of esters is 1. The van der Waals surface area contributed by atoms with Crippen LogP contribution in [0.1, 0.15) is 35.2 Å². The molecule has 1 aliphatic rings. The van der Waals surface area contributed by atoms with Gasteiger partial charge in [0, 0.05) is 10.6 Å². The molecule has 0 saturated carbocycles. The number of rotatable bonds is 8. The van der Waals surface area contributed by atoms with Crippen LogP contribution in [0, 0.1) is 0 Å². The molecule has 2 heterocycles. The largest absolute Gasteiger partial charge is 0.488 e. The third-order valence-corrected chi connectivity index (χ3v) is 8.90. The molecular formula is C35H26BrClN2O4S. The van der Waals surface area contributed by atoms with Gasteiger partial charge in [-0.25, -0.2) is 9.79 Å². The van der Waals surface area contributed by atoms with Gasteiger partial charge >= 0.3 is 5.97 Å². The molecule has 9 heteroatoms. The van der Waals surface area contributed by atoms with Crippen LogP contribution in [-0.4, -0.2) is 17.1 Å². The van der Waals surface area contributed by atoms with Crippen LogP contribution in [0.15, 0.2) is 123 Å². The summed E-state index contributed by atoms with van der Waals surface area (Å²) in [5.74, 6) is 0.168. The first-order valence-corrected chi connectivity index (χ1v) is 15.9. The zero-order valence-electron chi connectivity index (χ0n) is 23.6. The zero-order valence-corrected chi connectivity index (χ0v) is 26.7. The van der Waals surface area contributed by atoms with Gasteiger partial charge in [-0.05, 0) is 69.9 Å². The van der Waals surface area contributed by atoms with Gasteiger partial charge in [0.25, 0.3) is 5.56 Å². The second-order valence-corrected chi connectivity index (χ2v) is 12.2. The summed E-state index contributed by atoms with van der Waals surface area (Å²) in [4.78, 5) is 33.0. The minimum absolute atomic E-state index is 0.183. The van der Waals surface area contributed by atoms with Crippen molar-refractivity contribution in [3.8, 4) is 5.75 Å². The van der Waals surface area contributed by atoms with Crippen molar-refractivity contribution in [1.29, 1.82) is 0 Å². The molecule has 220 valence electrons. The van der Waals surface area contributed by atoms with Gasteiger partial charge in [0.2, 0.25) is 0 Å². The van der Waals surface area contributed by atoms with Crippen LogP contribution in [0.2, 0.25) is 5.02 Å². The van der Waals surface area contributed by atoms with Crippen molar-refractivity contribution in [2.24, 2.45) is 4.99 Å². The molecule has 1 aliphatic heterocycles. The van der Waals surface area contributed by atoms with E-state index in [1.807, 2.05) is 97.1 Å². The molecule has 0 spiro atoms. The van der Waals surface area contributed by atoms with Crippen LogP contribution in [0.3, 0.4) is 0 Å². The second-order valence-electron chi connectivity index (χ2n) is 9.95. The van der Waals surface area contributed by atoms with E-state index in [1.165, 1.54) is 11.3 Å². The highest BCUT2D eigenvalue weighted by Crippen LogP contribution is 2.35. The normalized spacial score (nSPS) is 14.6. The number of benzene rings is 4. The first kappa shape index (κ1) is 29.8. The quantitative estimate of drug-likeness (QED) is 0.166. The van der Waals surface area contributed by atoms with E-state index in [2.05, 4.69) is 15.9 Å². The van der Waals surface area contributed by atoms with E-state index in [0.717, 1.165) is 26.7 Å². The van der Waals surface area contributed by atoms with Crippen LogP contribution in [0.25, 0.3) is 11.8 Å². The number of halogens is 2. The number of carbonyl (C=O) groups excluding carboxylic acids is 1. The lowest BCUT2D eigenvalue weighted by Gasteiger charge is -2.25. The van der Waals surface area contributed by atoms with Gasteiger partial charge in [-0.15, -0.1) is 0 Å². The highest BCUT2D eigenvalue weighted by Gasteiger charge is 2.35. The summed E-state index contributed by atoms with van der Waals surface area (Å²) in [6.45, 7) is 2.38. The van der Waals surface area contributed by atoms with Gasteiger partial charge in [-0.2, -0.15) is 0 Å². The molecule has 0 N–H and O–H groups in total. The minimum Gasteiger partial charge on any atom is -0.488 e. The number of aromatic nitrogens is 1. The predicted octanol–water partition coefficient (Wildman–Crippen LogP) is 6.93. The van der Waals surface area contributed by atoms with E-state index in [4.69, 9.17) is 26.1 Å². The van der Waals surface area contributed by atoms with Gasteiger partial charge in [-0.1, -0.05) is 102 Å². The highest BCUT2D eigenvalue weighted by atomic mass is 79.9. The number of carbonyl (C=O) groups is 1. The van der Waals surface area contributed by atoms with Crippen molar-refractivity contribution >= 4 is 56.6 Å². The van der Waals surface area contributed by atoms with Crippen molar-refractivity contribution in [2.75, 3.05) is 6.61 Å². The molecule has 0 amide bonds. The molecule has 6 rings (SSSR count). The summed E-state index contributed by atoms with van der Waals surface area (Å²) < 4.78 is 14.3. The Morgan fingerprint density at radius 1 is 1.00 bits per heavy atom. The molecule has 5 aromatic rings. The van der Waals surface area contributed by atoms with E-state index >= 15 is 0 Å². The Bertz CT molecular complexity index is 2040. The summed E-state index contributed by atoms with van der Waals surface area (Å²) in [5.41, 5.74) is 3.85. The second kappa shape index (κ2) is 13.2. The van der Waals surface area contributed by atoms with Gasteiger partial charge in [0.05, 0.1) is 32.9 Å². The molecule has 1 unspecified atom stereocenters. The van der Waals surface area contributed by atoms with E-state index < -0.39 is 12.0 Å². The van der Waals surface area contributed by atoms with Gasteiger partial charge in [0.1, 0.15) is 12.4 Å². The lowest BCUT2D eigenvalue weighted by Crippen LogP contribution is -2.40. The fourth-order valence-corrected chi connectivity index (χ4v) is 6.65. The van der Waals surface area contributed by atoms with Gasteiger partial charge in [-0.3, -0.25) is 9.36 Å². The van der Waals surface area contributed by atoms with E-state index in [9.17, 15) is 9.59 Å². The topological polar surface area (TPSA) is 69.9 Å². The smallest absolute Gasteiger partial charge is 0.338 e. The predicted molar refractivity (Wildman–Crippen MR) is 177 cm³/mol. The summed E-state index contributed by atoms with van der Waals surface area (Å²) in [6.07, 6.45) is 1.82. The minimum atomic E-state index is -0.763. The van der Waals surface area contributed by atoms with Crippen molar-refractivity contribution in [3.63, 3.8) is 0 Å². The van der Waals surface area contributed by atoms with Crippen molar-refractivity contribution in [2.45, 2.75) is 19.6 Å². The van der Waals surface area contributed by atoms with Gasteiger partial charge in [0.15, 0.2) is 4.80 Å². The fraction of sp³-hybridized carbons (Fsp3) is 0.114. The summed E-state index contributed by atoms with van der Waals surface area (Å²) >= 11 is 11.1. The van der Waals surface area contributed by atoms with Crippen molar-refractivity contribution < 1.29 is 14.3 Å². The molecule has 0 bridgehead atoms. The maximum atomic E-state index is 14.1. The molecule has 6 nitrogen and oxygen atoms in total. The molecule has 44 heavy (non-hydrogen) atoms. The van der Waals surface area contributed by atoms with Crippen molar-refractivity contribution in [1.82, 2.24) is 4.57 Å². The third kappa shape index (κ3) is 6.19. The maximum Gasteiger partial charge on any atom is 0.338 e. The van der Waals surface area contributed by atoms with E-state index in [1.54, 1.807) is 23.6 Å². The Labute approximate surface area is 271 Å². The van der Waals surface area contributed by atoms with Crippen LogP contribution in [0.5, 0.6) is 5.75 Å². The number of thiazole rings is 1. The number of fused-ring (bicyclic) bond motifs is 1. The van der Waals surface area contributed by atoms with Crippen LogP contribution in [0.4, 0.5) is 0 Å². The Balaban J connectivity index is 1.47. The van der Waals surface area contributed by atoms with Crippen LogP contribution < -0.4 is 19.6 Å². The standard InChI is InChI=1S/C35H26BrClN2O4S/c1-2-42-34(41)30-31(24-11-7-4-8-12-24)38-35-39(32(30)25-14-16-26(37)17-15-25)33(40)29(44-35)20-23-13-18-28(27(36)19-23)43-21-22-9-5-3-6-10-22/h3-20,32H,2,21H2,1H3/b29-20-. The lowest BCUT2D eigenvalue weighted by molar-refractivity contribution is -0.138. The Morgan fingerprint density at radius 2 is 1.70 bits per heavy atom. The fourth-order valence-electron chi connectivity index (χ4n) is 5.01. The number of hydrogen-bond acceptors (Lipinski definition) is 6. The number of nitrogens with zero attached hydrogens (tertiary/aromatic N) is 2. The Morgan fingerprint density at radius 3 is 2.39 bits per heavy atom. The molecule has 1 aromatic heterocycles. The third-order valence-electron chi connectivity index (χ3n) is 7.05. The molecule has 0 fully saturated rings. The highest BCUT2D eigenvalue weighted by molar-refractivity contribution is 9.10. The van der Waals surface area contributed by atoms with E-state index in [0.29, 0.717) is 38.0 Å². The first-order chi connectivity index (χ1) is 21.4. The van der Waals surface area contributed by atoms with Crippen LogP contribution >= 0.6 is 38.9 Å². The Kier molecular flexibility index (Phi) is 8.93. The van der Waals surface area contributed by atoms with Gasteiger partial charge < -0.3 is 9.47 Å². The molecule has 4 aromatic carbocycles. The number of ether oxygens (including phenoxy) is 2. The summed E-state index contributed by atoms with van der Waals surface area (Å²) in [5, 5.41) is 0.549. The molecule has 0 radical (unpaired) electrons. The molecule has 0 saturated heterocycles. The summed E-state index contributed by atoms with van der Waals surface area (Å²) in [7, 11) is 0. The summed E-state index contributed by atoms with van der Waals surface area (Å²) in [6, 6.07) is 31.5. The van der Waals surface area contributed by atoms with Crippen LogP contribution in [-0.2, 0) is 16.1 Å².